The van der Waals surface area contributed by atoms with E-state index in [0.29, 0.717) is 24.9 Å². The summed E-state index contributed by atoms with van der Waals surface area (Å²) >= 11 is 4.81. The molecule has 0 saturated heterocycles. The van der Waals surface area contributed by atoms with Gasteiger partial charge in [0.1, 0.15) is 0 Å². The first-order valence-corrected chi connectivity index (χ1v) is 4.66. The van der Waals surface area contributed by atoms with Gasteiger partial charge in [0.2, 0.25) is 0 Å². The maximum Gasteiger partial charge on any atom is 0.307 e. The number of terminal acetylenes is 1. The van der Waals surface area contributed by atoms with Gasteiger partial charge in [-0.2, -0.15) is 0 Å². The quantitative estimate of drug-likeness (QED) is 0.231. The smallest absolute Gasteiger partial charge is 0.307 e. The highest BCUT2D eigenvalue weighted by Crippen LogP contribution is 1.87. The van der Waals surface area contributed by atoms with E-state index in [1.54, 1.807) is 6.92 Å². The molecule has 0 heterocycles. The summed E-state index contributed by atoms with van der Waals surface area (Å²) in [5.74, 6) is 2.10. The van der Waals surface area contributed by atoms with Crippen molar-refractivity contribution in [3.8, 4) is 12.3 Å². The minimum Gasteiger partial charge on any atom is -0.743 e. The lowest BCUT2D eigenvalue weighted by Gasteiger charge is -2.11. The van der Waals surface area contributed by atoms with E-state index in [9.17, 15) is 4.79 Å². The van der Waals surface area contributed by atoms with Gasteiger partial charge in [-0.05, 0) is 12.1 Å². The fourth-order valence-corrected chi connectivity index (χ4v) is 0.828. The standard InChI is InChI=1S/C9H14N2O2S/c1-3-6-10-9(14)11-7-5-8(12)13-4-2/h1H,4-7H2,2H3,(H2,10,11,14)/p-1. The van der Waals surface area contributed by atoms with Crippen LogP contribution in [0.5, 0.6) is 0 Å². The second kappa shape index (κ2) is 8.32. The number of amidine groups is 1. The number of hydrogen-bond acceptors (Lipinski definition) is 4. The molecule has 0 rings (SSSR count). The van der Waals surface area contributed by atoms with E-state index in [0.717, 1.165) is 0 Å². The molecule has 0 fully saturated rings. The topological polar surface area (TPSA) is 50.7 Å². The first-order valence-electron chi connectivity index (χ1n) is 4.25. The minimum atomic E-state index is -0.268. The van der Waals surface area contributed by atoms with Crippen LogP contribution in [-0.4, -0.2) is 30.8 Å². The van der Waals surface area contributed by atoms with Crippen LogP contribution in [0.2, 0.25) is 0 Å². The molecular formula is C9H13N2O2S-. The van der Waals surface area contributed by atoms with Gasteiger partial charge in [0, 0.05) is 6.54 Å². The third kappa shape index (κ3) is 7.37. The van der Waals surface area contributed by atoms with Crippen molar-refractivity contribution in [2.24, 2.45) is 4.99 Å². The van der Waals surface area contributed by atoms with Crippen molar-refractivity contribution in [1.82, 2.24) is 5.32 Å². The molecule has 78 valence electrons. The number of nitrogens with one attached hydrogen (secondary N) is 1. The van der Waals surface area contributed by atoms with Gasteiger partial charge in [-0.1, -0.05) is 5.92 Å². The number of nitrogens with zero attached hydrogens (tertiary/aromatic N) is 1. The normalized spacial score (nSPS) is 10.4. The van der Waals surface area contributed by atoms with Gasteiger partial charge < -0.3 is 22.7 Å². The number of carbonyl (C=O) groups excluding carboxylic acids is 1. The number of hydrogen-bond donors (Lipinski definition) is 1. The summed E-state index contributed by atoms with van der Waals surface area (Å²) in [7, 11) is 0. The zero-order chi connectivity index (χ0) is 10.8. The highest BCUT2D eigenvalue weighted by atomic mass is 32.1. The summed E-state index contributed by atoms with van der Waals surface area (Å²) < 4.78 is 4.71. The molecule has 0 aromatic heterocycles. The van der Waals surface area contributed by atoms with E-state index >= 15 is 0 Å². The first kappa shape index (κ1) is 12.7. The Morgan fingerprint density at radius 3 is 3.00 bits per heavy atom. The number of esters is 1. The van der Waals surface area contributed by atoms with Crippen LogP contribution in [0.15, 0.2) is 4.99 Å². The van der Waals surface area contributed by atoms with Gasteiger partial charge in [0.05, 0.1) is 19.6 Å². The lowest BCUT2D eigenvalue weighted by atomic mass is 10.4. The van der Waals surface area contributed by atoms with E-state index in [4.69, 9.17) is 23.8 Å². The minimum absolute atomic E-state index is 0.242. The fourth-order valence-electron chi connectivity index (χ4n) is 0.664. The van der Waals surface area contributed by atoms with Crippen LogP contribution in [0.4, 0.5) is 0 Å². The Hall–Kier alpha value is -1.28. The third-order valence-electron chi connectivity index (χ3n) is 1.22. The van der Waals surface area contributed by atoms with Crippen molar-refractivity contribution >= 4 is 23.8 Å². The number of aliphatic imine (C=N–C) groups is 1. The first-order chi connectivity index (χ1) is 6.70. The average Bonchev–Trinajstić information content (AvgIpc) is 2.15. The van der Waals surface area contributed by atoms with E-state index in [1.807, 2.05) is 0 Å². The maximum atomic E-state index is 10.9. The Morgan fingerprint density at radius 1 is 1.71 bits per heavy atom. The number of ether oxygens (including phenoxy) is 1. The van der Waals surface area contributed by atoms with Crippen LogP contribution in [0.25, 0.3) is 0 Å². The molecule has 0 aliphatic heterocycles. The number of carbonyl (C=O) groups is 1. The fraction of sp³-hybridized carbons (Fsp3) is 0.556. The summed E-state index contributed by atoms with van der Waals surface area (Å²) in [6.07, 6.45) is 5.25. The molecule has 14 heavy (non-hydrogen) atoms. The van der Waals surface area contributed by atoms with Crippen molar-refractivity contribution in [3.05, 3.63) is 0 Å². The monoisotopic (exact) mass is 213 g/mol. The summed E-state index contributed by atoms with van der Waals surface area (Å²) in [4.78, 5) is 14.8. The molecule has 0 unspecified atom stereocenters. The molecule has 5 heteroatoms. The predicted octanol–water partition coefficient (Wildman–Crippen LogP) is 0.0653. The Bertz CT molecular complexity index is 246. The molecule has 1 N–H and O–H groups in total. The van der Waals surface area contributed by atoms with Gasteiger partial charge in [0.15, 0.2) is 0 Å². The molecule has 0 atom stereocenters. The highest BCUT2D eigenvalue weighted by Gasteiger charge is 1.98. The summed E-state index contributed by atoms with van der Waals surface area (Å²) in [6.45, 7) is 2.82. The van der Waals surface area contributed by atoms with E-state index in [2.05, 4.69) is 16.2 Å². The molecule has 0 spiro atoms. The van der Waals surface area contributed by atoms with Crippen LogP contribution in [0.1, 0.15) is 13.3 Å². The summed E-state index contributed by atoms with van der Waals surface area (Å²) in [5, 5.41) is 3.04. The SMILES string of the molecule is C#CCNC([S-])=NCCC(=O)OCC. The van der Waals surface area contributed by atoms with Crippen LogP contribution < -0.4 is 5.32 Å². The second-order valence-corrected chi connectivity index (χ2v) is 2.69. The molecule has 0 aromatic rings. The molecule has 0 aliphatic rings. The maximum absolute atomic E-state index is 10.9. The average molecular weight is 213 g/mol. The highest BCUT2D eigenvalue weighted by molar-refractivity contribution is 7.77. The van der Waals surface area contributed by atoms with E-state index in [-0.39, 0.29) is 12.4 Å². The van der Waals surface area contributed by atoms with Gasteiger partial charge in [0.25, 0.3) is 0 Å². The Balaban J connectivity index is 3.60. The van der Waals surface area contributed by atoms with Gasteiger partial charge >= 0.3 is 5.97 Å². The van der Waals surface area contributed by atoms with Crippen LogP contribution >= 0.6 is 0 Å². The van der Waals surface area contributed by atoms with E-state index in [1.165, 1.54) is 0 Å². The van der Waals surface area contributed by atoms with Crippen molar-refractivity contribution in [1.29, 1.82) is 0 Å². The van der Waals surface area contributed by atoms with Crippen molar-refractivity contribution in [2.75, 3.05) is 19.7 Å². The zero-order valence-electron chi connectivity index (χ0n) is 8.08. The summed E-state index contributed by atoms with van der Waals surface area (Å²) in [5.41, 5.74) is 0. The van der Waals surface area contributed by atoms with Crippen molar-refractivity contribution in [3.63, 3.8) is 0 Å². The van der Waals surface area contributed by atoms with Crippen molar-refractivity contribution < 1.29 is 9.53 Å². The molecule has 0 aliphatic carbocycles. The molecule has 0 saturated carbocycles. The largest absolute Gasteiger partial charge is 0.743 e. The van der Waals surface area contributed by atoms with Crippen LogP contribution in [0.3, 0.4) is 0 Å². The zero-order valence-corrected chi connectivity index (χ0v) is 8.89. The molecule has 0 radical (unpaired) electrons. The Labute approximate surface area is 89.5 Å². The van der Waals surface area contributed by atoms with Gasteiger partial charge in [-0.3, -0.25) is 9.79 Å². The second-order valence-electron chi connectivity index (χ2n) is 2.30. The Kier molecular flexibility index (Phi) is 7.56. The lowest BCUT2D eigenvalue weighted by Crippen LogP contribution is -2.21. The van der Waals surface area contributed by atoms with E-state index < -0.39 is 0 Å². The molecular weight excluding hydrogens is 200 g/mol. The molecule has 0 aromatic carbocycles. The molecule has 4 nitrogen and oxygen atoms in total. The van der Waals surface area contributed by atoms with Crippen LogP contribution in [0, 0.1) is 12.3 Å². The molecule has 0 amide bonds. The van der Waals surface area contributed by atoms with Gasteiger partial charge in [-0.25, -0.2) is 0 Å². The Morgan fingerprint density at radius 2 is 2.43 bits per heavy atom. The number of rotatable bonds is 5. The van der Waals surface area contributed by atoms with Gasteiger partial charge in [-0.15, -0.1) is 6.42 Å². The predicted molar refractivity (Wildman–Crippen MR) is 57.8 cm³/mol. The third-order valence-corrected chi connectivity index (χ3v) is 1.49. The molecule has 0 bridgehead atoms. The lowest BCUT2D eigenvalue weighted by molar-refractivity contribution is -0.142. The van der Waals surface area contributed by atoms with Crippen molar-refractivity contribution in [2.45, 2.75) is 13.3 Å². The van der Waals surface area contributed by atoms with Crippen LogP contribution in [-0.2, 0) is 22.2 Å². The summed E-state index contributed by atoms with van der Waals surface area (Å²) in [6, 6.07) is 0.